The van der Waals surface area contributed by atoms with E-state index in [-0.39, 0.29) is 18.5 Å². The number of hydrogen-bond acceptors (Lipinski definition) is 2. The molecule has 0 spiro atoms. The summed E-state index contributed by atoms with van der Waals surface area (Å²) in [4.78, 5) is 26.9. The largest absolute Gasteiger partial charge is 0.348 e. The van der Waals surface area contributed by atoms with Gasteiger partial charge in [0.15, 0.2) is 0 Å². The maximum absolute atomic E-state index is 13.7. The molecule has 1 aliphatic heterocycles. The third kappa shape index (κ3) is 4.17. The number of fused-ring (bicyclic) bond motifs is 1. The van der Waals surface area contributed by atoms with E-state index in [1.807, 2.05) is 48.7 Å². The Labute approximate surface area is 174 Å². The summed E-state index contributed by atoms with van der Waals surface area (Å²) in [5, 5.41) is 2.61. The van der Waals surface area contributed by atoms with Gasteiger partial charge in [-0.2, -0.15) is 0 Å². The maximum atomic E-state index is 13.7. The van der Waals surface area contributed by atoms with Crippen LogP contribution in [0.5, 0.6) is 0 Å². The summed E-state index contributed by atoms with van der Waals surface area (Å²) in [7, 11) is 0. The zero-order valence-corrected chi connectivity index (χ0v) is 16.4. The Morgan fingerprint density at radius 2 is 1.77 bits per heavy atom. The Bertz CT molecular complexity index is 1070. The summed E-state index contributed by atoms with van der Waals surface area (Å²) in [6.07, 6.45) is 4.65. The molecule has 6 heteroatoms. The lowest BCUT2D eigenvalue weighted by atomic mass is 10.00. The molecule has 0 saturated heterocycles. The van der Waals surface area contributed by atoms with Crippen molar-refractivity contribution >= 4 is 17.9 Å². The second-order valence-electron chi connectivity index (χ2n) is 7.10. The van der Waals surface area contributed by atoms with Crippen molar-refractivity contribution in [3.05, 3.63) is 102 Å². The average molecular weight is 403 g/mol. The van der Waals surface area contributed by atoms with E-state index in [9.17, 15) is 14.0 Å². The summed E-state index contributed by atoms with van der Waals surface area (Å²) in [5.74, 6) is -1.01. The predicted octanol–water partition coefficient (Wildman–Crippen LogP) is 3.39. The number of carbonyl (C=O) groups excluding carboxylic acids is 2. The molecule has 1 unspecified atom stereocenters. The van der Waals surface area contributed by atoms with Crippen molar-refractivity contribution in [3.63, 3.8) is 0 Å². The molecule has 1 aliphatic rings. The number of benzene rings is 2. The Morgan fingerprint density at radius 1 is 1.00 bits per heavy atom. The van der Waals surface area contributed by atoms with E-state index in [0.717, 1.165) is 11.3 Å². The van der Waals surface area contributed by atoms with Crippen molar-refractivity contribution in [1.29, 1.82) is 0 Å². The molecule has 4 rings (SSSR count). The summed E-state index contributed by atoms with van der Waals surface area (Å²) >= 11 is 0. The van der Waals surface area contributed by atoms with Gasteiger partial charge in [-0.3, -0.25) is 9.59 Å². The minimum Gasteiger partial charge on any atom is -0.348 e. The van der Waals surface area contributed by atoms with Gasteiger partial charge in [-0.15, -0.1) is 0 Å². The van der Waals surface area contributed by atoms with Gasteiger partial charge < -0.3 is 14.8 Å². The minimum absolute atomic E-state index is 0.121. The Kier molecular flexibility index (Phi) is 5.75. The first-order valence-corrected chi connectivity index (χ1v) is 9.83. The smallest absolute Gasteiger partial charge is 0.244 e. The van der Waals surface area contributed by atoms with Crippen LogP contribution >= 0.6 is 0 Å². The minimum atomic E-state index is -0.441. The number of nitrogens with zero attached hydrogens (tertiary/aromatic N) is 2. The van der Waals surface area contributed by atoms with E-state index < -0.39 is 11.7 Å². The highest BCUT2D eigenvalue weighted by atomic mass is 19.1. The van der Waals surface area contributed by atoms with E-state index in [4.69, 9.17) is 0 Å². The number of hydrogen-bond donors (Lipinski definition) is 1. The zero-order valence-electron chi connectivity index (χ0n) is 16.4. The number of nitrogens with one attached hydrogen (secondary N) is 1. The van der Waals surface area contributed by atoms with Gasteiger partial charge in [0, 0.05) is 36.6 Å². The molecular formula is C24H22FN3O2. The van der Waals surface area contributed by atoms with Crippen LogP contribution in [0.1, 0.15) is 22.9 Å². The van der Waals surface area contributed by atoms with Gasteiger partial charge in [-0.25, -0.2) is 4.39 Å². The average Bonchev–Trinajstić information content (AvgIpc) is 3.25. The third-order valence-corrected chi connectivity index (χ3v) is 5.21. The van der Waals surface area contributed by atoms with Crippen molar-refractivity contribution in [3.8, 4) is 0 Å². The van der Waals surface area contributed by atoms with Crippen LogP contribution in [0.2, 0.25) is 0 Å². The first-order valence-electron chi connectivity index (χ1n) is 9.83. The fourth-order valence-corrected chi connectivity index (χ4v) is 3.74. The van der Waals surface area contributed by atoms with Crippen molar-refractivity contribution in [2.24, 2.45) is 0 Å². The molecule has 3 aromatic rings. The fourth-order valence-electron chi connectivity index (χ4n) is 3.74. The van der Waals surface area contributed by atoms with E-state index in [0.29, 0.717) is 18.7 Å². The number of halogens is 1. The molecule has 2 aromatic carbocycles. The van der Waals surface area contributed by atoms with Crippen LogP contribution in [0, 0.1) is 5.82 Å². The standard InChI is InChI=1S/C24H22FN3O2/c25-20-10-5-4-7-18(20)12-13-22(29)26-17-23(30)28-16-15-27-14-6-11-21(27)24(28)19-8-2-1-3-9-19/h1-14,24H,15-17H2,(H,26,29)/b13-12+. The monoisotopic (exact) mass is 403 g/mol. The highest BCUT2D eigenvalue weighted by molar-refractivity contribution is 5.94. The first kappa shape index (κ1) is 19.6. The molecule has 0 fully saturated rings. The van der Waals surface area contributed by atoms with Gasteiger partial charge in [0.25, 0.3) is 0 Å². The summed E-state index contributed by atoms with van der Waals surface area (Å²) in [6.45, 7) is 1.14. The maximum Gasteiger partial charge on any atom is 0.244 e. The molecule has 2 amide bonds. The van der Waals surface area contributed by atoms with E-state index in [1.165, 1.54) is 18.2 Å². The molecule has 1 atom stereocenters. The van der Waals surface area contributed by atoms with Crippen LogP contribution in [-0.2, 0) is 16.1 Å². The predicted molar refractivity (Wildman–Crippen MR) is 113 cm³/mol. The first-order chi connectivity index (χ1) is 14.6. The van der Waals surface area contributed by atoms with Gasteiger partial charge in [-0.1, -0.05) is 48.5 Å². The zero-order chi connectivity index (χ0) is 20.9. The van der Waals surface area contributed by atoms with Crippen LogP contribution in [0.3, 0.4) is 0 Å². The molecule has 5 nitrogen and oxygen atoms in total. The molecular weight excluding hydrogens is 381 g/mol. The normalized spacial score (nSPS) is 15.8. The van der Waals surface area contributed by atoms with E-state index in [2.05, 4.69) is 9.88 Å². The van der Waals surface area contributed by atoms with E-state index >= 15 is 0 Å². The van der Waals surface area contributed by atoms with Crippen molar-refractivity contribution in [1.82, 2.24) is 14.8 Å². The van der Waals surface area contributed by atoms with Crippen LogP contribution in [0.25, 0.3) is 6.08 Å². The van der Waals surface area contributed by atoms with Crippen LogP contribution < -0.4 is 5.32 Å². The molecule has 0 aliphatic carbocycles. The third-order valence-electron chi connectivity index (χ3n) is 5.21. The van der Waals surface area contributed by atoms with Crippen LogP contribution in [0.4, 0.5) is 4.39 Å². The molecule has 0 radical (unpaired) electrons. The van der Waals surface area contributed by atoms with Crippen molar-refractivity contribution in [2.75, 3.05) is 13.1 Å². The van der Waals surface area contributed by atoms with Gasteiger partial charge in [-0.05, 0) is 29.8 Å². The molecule has 2 heterocycles. The van der Waals surface area contributed by atoms with Gasteiger partial charge in [0.1, 0.15) is 5.82 Å². The quantitative estimate of drug-likeness (QED) is 0.664. The van der Waals surface area contributed by atoms with Gasteiger partial charge in [0.2, 0.25) is 11.8 Å². The highest BCUT2D eigenvalue weighted by Crippen LogP contribution is 2.32. The van der Waals surface area contributed by atoms with E-state index in [1.54, 1.807) is 23.1 Å². The second-order valence-corrected chi connectivity index (χ2v) is 7.10. The Morgan fingerprint density at radius 3 is 2.57 bits per heavy atom. The lowest BCUT2D eigenvalue weighted by Gasteiger charge is -2.37. The number of carbonyl (C=O) groups is 2. The molecule has 0 saturated carbocycles. The molecule has 1 N–H and O–H groups in total. The van der Waals surface area contributed by atoms with Crippen LogP contribution in [-0.4, -0.2) is 34.4 Å². The van der Waals surface area contributed by atoms with Crippen LogP contribution in [0.15, 0.2) is 79.0 Å². The topological polar surface area (TPSA) is 54.3 Å². The second kappa shape index (κ2) is 8.78. The molecule has 0 bridgehead atoms. The summed E-state index contributed by atoms with van der Waals surface area (Å²) in [6, 6.07) is 19.9. The van der Waals surface area contributed by atoms with Gasteiger partial charge >= 0.3 is 0 Å². The summed E-state index contributed by atoms with van der Waals surface area (Å²) < 4.78 is 15.8. The molecule has 1 aromatic heterocycles. The fraction of sp³-hybridized carbons (Fsp3) is 0.167. The number of amides is 2. The Balaban J connectivity index is 1.45. The SMILES string of the molecule is O=C(/C=C/c1ccccc1F)NCC(=O)N1CCn2cccc2C1c1ccccc1. The van der Waals surface area contributed by atoms with Crippen molar-refractivity contribution in [2.45, 2.75) is 12.6 Å². The Hall–Kier alpha value is -3.67. The van der Waals surface area contributed by atoms with Crippen molar-refractivity contribution < 1.29 is 14.0 Å². The molecule has 152 valence electrons. The number of aromatic nitrogens is 1. The lowest BCUT2D eigenvalue weighted by molar-refractivity contribution is -0.134. The lowest BCUT2D eigenvalue weighted by Crippen LogP contribution is -2.46. The summed E-state index contributed by atoms with van der Waals surface area (Å²) in [5.41, 5.74) is 2.39. The highest BCUT2D eigenvalue weighted by Gasteiger charge is 2.31. The number of rotatable bonds is 5. The van der Waals surface area contributed by atoms with Gasteiger partial charge in [0.05, 0.1) is 12.6 Å². The molecule has 30 heavy (non-hydrogen) atoms.